The van der Waals surface area contributed by atoms with E-state index in [1.54, 1.807) is 4.90 Å². The number of aryl methyl sites for hydroxylation is 1. The van der Waals surface area contributed by atoms with Crippen molar-refractivity contribution in [2.24, 2.45) is 11.8 Å². The Labute approximate surface area is 114 Å². The summed E-state index contributed by atoms with van der Waals surface area (Å²) in [6.45, 7) is 4.45. The Morgan fingerprint density at radius 1 is 1.50 bits per heavy atom. The molecule has 2 rings (SSSR count). The van der Waals surface area contributed by atoms with Crippen LogP contribution in [0.25, 0.3) is 0 Å². The standard InChI is InChI=1S/C12H14ClNO3S/c1-6-3-14(4-8(6)12(16)17)11(15)10-9(13)7(2)5-18-10/h5-6,8H,3-4H2,1-2H3,(H,16,17)/t6-,8-/m1/s1. The molecule has 1 aromatic heterocycles. The molecule has 1 saturated heterocycles. The Morgan fingerprint density at radius 2 is 2.17 bits per heavy atom. The topological polar surface area (TPSA) is 57.6 Å². The fourth-order valence-corrected chi connectivity index (χ4v) is 3.41. The van der Waals surface area contributed by atoms with E-state index < -0.39 is 11.9 Å². The number of rotatable bonds is 2. The zero-order valence-corrected chi connectivity index (χ0v) is 11.7. The summed E-state index contributed by atoms with van der Waals surface area (Å²) >= 11 is 7.38. The lowest BCUT2D eigenvalue weighted by molar-refractivity contribution is -0.142. The summed E-state index contributed by atoms with van der Waals surface area (Å²) in [6.07, 6.45) is 0. The van der Waals surface area contributed by atoms with Gasteiger partial charge in [0.25, 0.3) is 5.91 Å². The number of thiophene rings is 1. The van der Waals surface area contributed by atoms with E-state index >= 15 is 0 Å². The van der Waals surface area contributed by atoms with Gasteiger partial charge in [-0.3, -0.25) is 9.59 Å². The maximum absolute atomic E-state index is 12.3. The van der Waals surface area contributed by atoms with Crippen molar-refractivity contribution >= 4 is 34.8 Å². The number of likely N-dealkylation sites (tertiary alicyclic amines) is 1. The highest BCUT2D eigenvalue weighted by Crippen LogP contribution is 2.31. The molecule has 1 aliphatic rings. The maximum Gasteiger partial charge on any atom is 0.308 e. The van der Waals surface area contributed by atoms with Crippen molar-refractivity contribution < 1.29 is 14.7 Å². The number of halogens is 1. The molecule has 0 saturated carbocycles. The Morgan fingerprint density at radius 3 is 2.61 bits per heavy atom. The fraction of sp³-hybridized carbons (Fsp3) is 0.500. The van der Waals surface area contributed by atoms with Gasteiger partial charge in [-0.25, -0.2) is 0 Å². The molecule has 98 valence electrons. The predicted molar refractivity (Wildman–Crippen MR) is 70.3 cm³/mol. The Hall–Kier alpha value is -1.07. The lowest BCUT2D eigenvalue weighted by Gasteiger charge is -2.15. The Balaban J connectivity index is 2.17. The van der Waals surface area contributed by atoms with Gasteiger partial charge in [0.05, 0.1) is 10.9 Å². The molecule has 2 heterocycles. The lowest BCUT2D eigenvalue weighted by Crippen LogP contribution is -2.29. The van der Waals surface area contributed by atoms with Crippen molar-refractivity contribution in [2.45, 2.75) is 13.8 Å². The van der Waals surface area contributed by atoms with Crippen LogP contribution in [0.1, 0.15) is 22.2 Å². The number of amides is 1. The SMILES string of the molecule is Cc1csc(C(=O)N2C[C@@H](C)[C@H](C(=O)O)C2)c1Cl. The Kier molecular flexibility index (Phi) is 3.64. The first-order chi connectivity index (χ1) is 8.41. The number of carbonyl (C=O) groups is 2. The van der Waals surface area contributed by atoms with Crippen LogP contribution in [0.3, 0.4) is 0 Å². The normalized spacial score (nSPS) is 23.4. The van der Waals surface area contributed by atoms with Crippen LogP contribution in [-0.2, 0) is 4.79 Å². The van der Waals surface area contributed by atoms with Crippen LogP contribution >= 0.6 is 22.9 Å². The number of carbonyl (C=O) groups excluding carboxylic acids is 1. The summed E-state index contributed by atoms with van der Waals surface area (Å²) in [7, 11) is 0. The highest BCUT2D eigenvalue weighted by atomic mass is 35.5. The first-order valence-electron chi connectivity index (χ1n) is 5.67. The minimum Gasteiger partial charge on any atom is -0.481 e. The van der Waals surface area contributed by atoms with Crippen LogP contribution < -0.4 is 0 Å². The van der Waals surface area contributed by atoms with Crippen molar-refractivity contribution in [3.05, 3.63) is 20.8 Å². The molecule has 0 spiro atoms. The van der Waals surface area contributed by atoms with Gasteiger partial charge in [-0.15, -0.1) is 11.3 Å². The molecule has 0 bridgehead atoms. The maximum atomic E-state index is 12.3. The van der Waals surface area contributed by atoms with E-state index in [1.165, 1.54) is 11.3 Å². The molecule has 4 nitrogen and oxygen atoms in total. The van der Waals surface area contributed by atoms with Gasteiger partial charge < -0.3 is 10.0 Å². The number of nitrogens with zero attached hydrogens (tertiary/aromatic N) is 1. The first-order valence-corrected chi connectivity index (χ1v) is 6.93. The Bertz CT molecular complexity index is 500. The van der Waals surface area contributed by atoms with Gasteiger partial charge in [0.1, 0.15) is 4.88 Å². The molecule has 1 N–H and O–H groups in total. The average molecular weight is 288 g/mol. The number of hydrogen-bond acceptors (Lipinski definition) is 3. The van der Waals surface area contributed by atoms with Gasteiger partial charge in [-0.05, 0) is 23.8 Å². The van der Waals surface area contributed by atoms with Crippen LogP contribution in [0.4, 0.5) is 0 Å². The van der Waals surface area contributed by atoms with Gasteiger partial charge >= 0.3 is 5.97 Å². The highest BCUT2D eigenvalue weighted by Gasteiger charge is 2.38. The average Bonchev–Trinajstić information content (AvgIpc) is 2.84. The van der Waals surface area contributed by atoms with Crippen LogP contribution in [0.2, 0.25) is 5.02 Å². The van der Waals surface area contributed by atoms with E-state index in [-0.39, 0.29) is 18.4 Å². The van der Waals surface area contributed by atoms with Crippen molar-refractivity contribution in [2.75, 3.05) is 13.1 Å². The first kappa shape index (κ1) is 13.4. The summed E-state index contributed by atoms with van der Waals surface area (Å²) < 4.78 is 0. The van der Waals surface area contributed by atoms with Crippen LogP contribution in [0.15, 0.2) is 5.38 Å². The molecular formula is C12H14ClNO3S. The molecule has 1 fully saturated rings. The molecular weight excluding hydrogens is 274 g/mol. The zero-order chi connectivity index (χ0) is 13.4. The minimum atomic E-state index is -0.841. The summed E-state index contributed by atoms with van der Waals surface area (Å²) in [5.74, 6) is -1.50. The second kappa shape index (κ2) is 4.90. The van der Waals surface area contributed by atoms with E-state index in [9.17, 15) is 9.59 Å². The number of carboxylic acid groups (broad SMARTS) is 1. The summed E-state index contributed by atoms with van der Waals surface area (Å²) in [5.41, 5.74) is 0.882. The molecule has 6 heteroatoms. The third-order valence-electron chi connectivity index (χ3n) is 3.31. The lowest BCUT2D eigenvalue weighted by atomic mass is 9.99. The quantitative estimate of drug-likeness (QED) is 0.909. The van der Waals surface area contributed by atoms with E-state index in [0.717, 1.165) is 5.56 Å². The van der Waals surface area contributed by atoms with Gasteiger partial charge in [0, 0.05) is 13.1 Å². The number of hydrogen-bond donors (Lipinski definition) is 1. The van der Waals surface area contributed by atoms with Crippen molar-refractivity contribution in [3.8, 4) is 0 Å². The van der Waals surface area contributed by atoms with Crippen LogP contribution in [-0.4, -0.2) is 35.0 Å². The van der Waals surface area contributed by atoms with Gasteiger partial charge in [-0.1, -0.05) is 18.5 Å². The molecule has 1 amide bonds. The second-order valence-corrected chi connectivity index (χ2v) is 5.95. The molecule has 0 unspecified atom stereocenters. The van der Waals surface area contributed by atoms with Crippen molar-refractivity contribution in [1.82, 2.24) is 4.90 Å². The minimum absolute atomic E-state index is 0.0220. The monoisotopic (exact) mass is 287 g/mol. The van der Waals surface area contributed by atoms with E-state index in [1.807, 2.05) is 19.2 Å². The van der Waals surface area contributed by atoms with Crippen molar-refractivity contribution in [3.63, 3.8) is 0 Å². The molecule has 18 heavy (non-hydrogen) atoms. The van der Waals surface area contributed by atoms with Crippen LogP contribution in [0.5, 0.6) is 0 Å². The number of carboxylic acids is 1. The third kappa shape index (κ3) is 2.24. The number of aliphatic carboxylic acids is 1. The van der Waals surface area contributed by atoms with Gasteiger partial charge in [0.2, 0.25) is 0 Å². The van der Waals surface area contributed by atoms with Gasteiger partial charge in [0.15, 0.2) is 0 Å². The van der Waals surface area contributed by atoms with E-state index in [2.05, 4.69) is 0 Å². The second-order valence-electron chi connectivity index (χ2n) is 4.69. The molecule has 1 aromatic rings. The van der Waals surface area contributed by atoms with Gasteiger partial charge in [-0.2, -0.15) is 0 Å². The van der Waals surface area contributed by atoms with Crippen LogP contribution in [0, 0.1) is 18.8 Å². The van der Waals surface area contributed by atoms with Crippen molar-refractivity contribution in [1.29, 1.82) is 0 Å². The summed E-state index contributed by atoms with van der Waals surface area (Å²) in [6, 6.07) is 0. The fourth-order valence-electron chi connectivity index (χ4n) is 2.17. The largest absolute Gasteiger partial charge is 0.481 e. The smallest absolute Gasteiger partial charge is 0.308 e. The predicted octanol–water partition coefficient (Wildman–Crippen LogP) is 2.50. The molecule has 2 atom stereocenters. The molecule has 0 aliphatic carbocycles. The molecule has 1 aliphatic heterocycles. The zero-order valence-electron chi connectivity index (χ0n) is 10.1. The van der Waals surface area contributed by atoms with E-state index in [0.29, 0.717) is 16.4 Å². The molecule has 0 radical (unpaired) electrons. The summed E-state index contributed by atoms with van der Waals surface area (Å²) in [5, 5.41) is 11.4. The van der Waals surface area contributed by atoms with E-state index in [4.69, 9.17) is 16.7 Å². The third-order valence-corrected chi connectivity index (χ3v) is 5.00. The summed E-state index contributed by atoms with van der Waals surface area (Å²) in [4.78, 5) is 25.4. The molecule has 0 aromatic carbocycles. The highest BCUT2D eigenvalue weighted by molar-refractivity contribution is 7.13.